The van der Waals surface area contributed by atoms with Gasteiger partial charge in [0.2, 0.25) is 5.91 Å². The Balaban J connectivity index is 2.65. The zero-order valence-corrected chi connectivity index (χ0v) is 9.19. The smallest absolute Gasteiger partial charge is 0.243 e. The molecule has 0 radical (unpaired) electrons. The van der Waals surface area contributed by atoms with Crippen LogP contribution in [0.5, 0.6) is 0 Å². The van der Waals surface area contributed by atoms with Crippen molar-refractivity contribution in [2.24, 2.45) is 11.1 Å². The Morgan fingerprint density at radius 2 is 2.13 bits per heavy atom. The summed E-state index contributed by atoms with van der Waals surface area (Å²) in [4.78, 5) is 19.4. The Hall–Kier alpha value is -1.49. The highest BCUT2D eigenvalue weighted by atomic mass is 16.2. The summed E-state index contributed by atoms with van der Waals surface area (Å²) in [6.07, 6.45) is 4.53. The first-order valence-corrected chi connectivity index (χ1v) is 4.74. The molecule has 5 heteroatoms. The van der Waals surface area contributed by atoms with Gasteiger partial charge in [-0.05, 0) is 5.41 Å². The van der Waals surface area contributed by atoms with Gasteiger partial charge in [-0.2, -0.15) is 0 Å². The van der Waals surface area contributed by atoms with E-state index >= 15 is 0 Å². The number of hydrogen-bond acceptors (Lipinski definition) is 4. The van der Waals surface area contributed by atoms with Crippen LogP contribution >= 0.6 is 0 Å². The molecule has 0 saturated heterocycles. The van der Waals surface area contributed by atoms with Gasteiger partial charge < -0.3 is 11.1 Å². The Morgan fingerprint density at radius 3 is 2.60 bits per heavy atom. The highest BCUT2D eigenvalue weighted by molar-refractivity contribution is 5.94. The van der Waals surface area contributed by atoms with E-state index in [2.05, 4.69) is 15.3 Å². The van der Waals surface area contributed by atoms with Crippen LogP contribution in [-0.2, 0) is 4.79 Å². The van der Waals surface area contributed by atoms with Crippen LogP contribution in [0.25, 0.3) is 0 Å². The molecule has 0 bridgehead atoms. The fraction of sp³-hybridized carbons (Fsp3) is 0.500. The maximum absolute atomic E-state index is 11.7. The number of nitrogens with one attached hydrogen (secondary N) is 1. The van der Waals surface area contributed by atoms with Gasteiger partial charge in [0.25, 0.3) is 0 Å². The average Bonchev–Trinajstić information content (AvgIpc) is 2.16. The van der Waals surface area contributed by atoms with Gasteiger partial charge in [-0.25, -0.2) is 4.98 Å². The lowest BCUT2D eigenvalue weighted by atomic mass is 9.87. The molecule has 15 heavy (non-hydrogen) atoms. The molecule has 1 unspecified atom stereocenters. The van der Waals surface area contributed by atoms with Crippen molar-refractivity contribution in [2.45, 2.75) is 26.8 Å². The number of amides is 1. The van der Waals surface area contributed by atoms with Crippen LogP contribution in [0.3, 0.4) is 0 Å². The number of anilines is 1. The lowest BCUT2D eigenvalue weighted by Gasteiger charge is -2.25. The van der Waals surface area contributed by atoms with Crippen LogP contribution in [-0.4, -0.2) is 21.9 Å². The Bertz CT molecular complexity index is 331. The Kier molecular flexibility index (Phi) is 3.36. The summed E-state index contributed by atoms with van der Waals surface area (Å²) in [5.74, 6) is 0.171. The summed E-state index contributed by atoms with van der Waals surface area (Å²) >= 11 is 0. The number of rotatable bonds is 2. The molecule has 0 aliphatic rings. The molecule has 1 atom stereocenters. The van der Waals surface area contributed by atoms with Crippen LogP contribution < -0.4 is 11.1 Å². The van der Waals surface area contributed by atoms with E-state index in [1.807, 2.05) is 20.8 Å². The lowest BCUT2D eigenvalue weighted by molar-refractivity contribution is -0.119. The number of nitrogens with two attached hydrogens (primary N) is 1. The van der Waals surface area contributed by atoms with Crippen molar-refractivity contribution >= 4 is 11.7 Å². The Morgan fingerprint density at radius 1 is 1.47 bits per heavy atom. The molecule has 0 spiro atoms. The van der Waals surface area contributed by atoms with Crippen molar-refractivity contribution in [3.63, 3.8) is 0 Å². The van der Waals surface area contributed by atoms with Crippen LogP contribution in [0, 0.1) is 5.41 Å². The normalized spacial score (nSPS) is 13.3. The molecule has 0 fully saturated rings. The highest BCUT2D eigenvalue weighted by Crippen LogP contribution is 2.18. The van der Waals surface area contributed by atoms with Crippen molar-refractivity contribution in [3.8, 4) is 0 Å². The standard InChI is InChI=1S/C10H16N4O/c1-10(2,3)8(11)9(15)14-7-6-12-4-5-13-7/h4-6,8H,11H2,1-3H3,(H,13,14,15). The van der Waals surface area contributed by atoms with Crippen molar-refractivity contribution < 1.29 is 4.79 Å². The molecule has 1 rings (SSSR count). The molecule has 0 saturated carbocycles. The molecule has 82 valence electrons. The van der Waals surface area contributed by atoms with Crippen LogP contribution in [0.4, 0.5) is 5.82 Å². The van der Waals surface area contributed by atoms with Gasteiger partial charge in [-0.15, -0.1) is 0 Å². The van der Waals surface area contributed by atoms with Gasteiger partial charge in [0.1, 0.15) is 0 Å². The van der Waals surface area contributed by atoms with Crippen LogP contribution in [0.1, 0.15) is 20.8 Å². The van der Waals surface area contributed by atoms with Crippen molar-refractivity contribution in [1.29, 1.82) is 0 Å². The second-order valence-corrected chi connectivity index (χ2v) is 4.42. The zero-order valence-electron chi connectivity index (χ0n) is 9.19. The summed E-state index contributed by atoms with van der Waals surface area (Å²) in [5, 5.41) is 2.61. The van der Waals surface area contributed by atoms with E-state index < -0.39 is 6.04 Å². The molecule has 0 aliphatic carbocycles. The first-order valence-electron chi connectivity index (χ1n) is 4.74. The highest BCUT2D eigenvalue weighted by Gasteiger charge is 2.27. The lowest BCUT2D eigenvalue weighted by Crippen LogP contribution is -2.45. The van der Waals surface area contributed by atoms with Gasteiger partial charge in [0.15, 0.2) is 5.82 Å². The largest absolute Gasteiger partial charge is 0.319 e. The SMILES string of the molecule is CC(C)(C)C(N)C(=O)Nc1cnccn1. The van der Waals surface area contributed by atoms with E-state index in [0.717, 1.165) is 0 Å². The van der Waals surface area contributed by atoms with Crippen LogP contribution in [0.2, 0.25) is 0 Å². The molecular formula is C10H16N4O. The van der Waals surface area contributed by atoms with E-state index in [1.54, 1.807) is 6.20 Å². The number of carbonyl (C=O) groups is 1. The van der Waals surface area contributed by atoms with E-state index in [0.29, 0.717) is 5.82 Å². The number of hydrogen-bond donors (Lipinski definition) is 2. The van der Waals surface area contributed by atoms with Gasteiger partial charge >= 0.3 is 0 Å². The first-order chi connectivity index (χ1) is 6.91. The van der Waals surface area contributed by atoms with Crippen molar-refractivity contribution in [1.82, 2.24) is 9.97 Å². The van der Waals surface area contributed by atoms with E-state index in [-0.39, 0.29) is 11.3 Å². The predicted octanol–water partition coefficient (Wildman–Crippen LogP) is 0.788. The zero-order chi connectivity index (χ0) is 11.5. The molecule has 0 aromatic carbocycles. The van der Waals surface area contributed by atoms with Crippen molar-refractivity contribution in [3.05, 3.63) is 18.6 Å². The minimum Gasteiger partial charge on any atom is -0.319 e. The summed E-state index contributed by atoms with van der Waals surface area (Å²) in [5.41, 5.74) is 5.51. The van der Waals surface area contributed by atoms with Gasteiger partial charge in [-0.1, -0.05) is 20.8 Å². The molecule has 5 nitrogen and oxygen atoms in total. The molecule has 1 aromatic heterocycles. The fourth-order valence-electron chi connectivity index (χ4n) is 0.961. The average molecular weight is 208 g/mol. The summed E-state index contributed by atoms with van der Waals surface area (Å²) in [6, 6.07) is -0.570. The third kappa shape index (κ3) is 3.28. The number of aromatic nitrogens is 2. The maximum Gasteiger partial charge on any atom is 0.243 e. The first kappa shape index (κ1) is 11.6. The fourth-order valence-corrected chi connectivity index (χ4v) is 0.961. The molecule has 1 heterocycles. The quantitative estimate of drug-likeness (QED) is 0.752. The van der Waals surface area contributed by atoms with E-state index in [4.69, 9.17) is 5.73 Å². The maximum atomic E-state index is 11.7. The van der Waals surface area contributed by atoms with E-state index in [1.165, 1.54) is 12.4 Å². The number of carbonyl (C=O) groups excluding carboxylic acids is 1. The Labute approximate surface area is 89.1 Å². The third-order valence-corrected chi connectivity index (χ3v) is 2.03. The summed E-state index contributed by atoms with van der Waals surface area (Å²) < 4.78 is 0. The topological polar surface area (TPSA) is 80.9 Å². The van der Waals surface area contributed by atoms with Crippen LogP contribution in [0.15, 0.2) is 18.6 Å². The van der Waals surface area contributed by atoms with Gasteiger partial charge in [0, 0.05) is 12.4 Å². The van der Waals surface area contributed by atoms with E-state index in [9.17, 15) is 4.79 Å². The van der Waals surface area contributed by atoms with Gasteiger partial charge in [0.05, 0.1) is 12.2 Å². The minimum absolute atomic E-state index is 0.247. The second kappa shape index (κ2) is 4.35. The molecule has 1 amide bonds. The molecule has 1 aromatic rings. The van der Waals surface area contributed by atoms with Crippen molar-refractivity contribution in [2.75, 3.05) is 5.32 Å². The number of nitrogens with zero attached hydrogens (tertiary/aromatic N) is 2. The minimum atomic E-state index is -0.570. The molecule has 3 N–H and O–H groups in total. The second-order valence-electron chi connectivity index (χ2n) is 4.42. The van der Waals surface area contributed by atoms with Gasteiger partial charge in [-0.3, -0.25) is 9.78 Å². The molecule has 0 aliphatic heterocycles. The third-order valence-electron chi connectivity index (χ3n) is 2.03. The summed E-state index contributed by atoms with van der Waals surface area (Å²) in [6.45, 7) is 5.73. The summed E-state index contributed by atoms with van der Waals surface area (Å²) in [7, 11) is 0. The molecular weight excluding hydrogens is 192 g/mol. The monoisotopic (exact) mass is 208 g/mol. The predicted molar refractivity (Wildman–Crippen MR) is 58.1 cm³/mol.